The van der Waals surface area contributed by atoms with Crippen LogP contribution in [-0.2, 0) is 16.1 Å². The summed E-state index contributed by atoms with van der Waals surface area (Å²) >= 11 is 0. The highest BCUT2D eigenvalue weighted by Gasteiger charge is 2.64. The van der Waals surface area contributed by atoms with Gasteiger partial charge in [0.15, 0.2) is 11.5 Å². The molecule has 6 rings (SSSR count). The molecule has 0 spiro atoms. The van der Waals surface area contributed by atoms with Gasteiger partial charge >= 0.3 is 0 Å². The van der Waals surface area contributed by atoms with Gasteiger partial charge in [-0.15, -0.1) is 12.4 Å². The first-order valence-corrected chi connectivity index (χ1v) is 11.4. The number of nitrogens with one attached hydrogen (secondary N) is 1. The van der Waals surface area contributed by atoms with Gasteiger partial charge in [-0.3, -0.25) is 24.8 Å². The highest BCUT2D eigenvalue weighted by Crippen LogP contribution is 2.54. The Labute approximate surface area is 203 Å². The molecule has 5 unspecified atom stereocenters. The number of hydrogen-bond donors (Lipinski definition) is 2. The number of carbonyl (C=O) groups excluding carboxylic acids is 2. The van der Waals surface area contributed by atoms with Crippen LogP contribution in [0.15, 0.2) is 42.5 Å². The third-order valence-electron chi connectivity index (χ3n) is 7.70. The van der Waals surface area contributed by atoms with Gasteiger partial charge in [-0.1, -0.05) is 37.3 Å². The Hall–Kier alpha value is -3.10. The van der Waals surface area contributed by atoms with Crippen molar-refractivity contribution in [2.45, 2.75) is 32.0 Å². The fourth-order valence-corrected chi connectivity index (χ4v) is 6.19. The van der Waals surface area contributed by atoms with E-state index < -0.39 is 5.92 Å². The first-order valence-electron chi connectivity index (χ1n) is 11.4. The number of hydrogen-bond acceptors (Lipinski definition) is 6. The number of ether oxygens (including phenoxy) is 2. The first-order chi connectivity index (χ1) is 15.9. The van der Waals surface area contributed by atoms with Crippen molar-refractivity contribution >= 4 is 30.1 Å². The molecule has 3 fully saturated rings. The highest BCUT2D eigenvalue weighted by molar-refractivity contribution is 6.06. The minimum absolute atomic E-state index is 0. The second-order valence-corrected chi connectivity index (χ2v) is 9.48. The molecular weight excluding hydrogens is 456 g/mol. The quantitative estimate of drug-likeness (QED) is 0.394. The number of benzene rings is 2. The van der Waals surface area contributed by atoms with Crippen LogP contribution in [0.2, 0.25) is 0 Å². The van der Waals surface area contributed by atoms with Crippen molar-refractivity contribution in [1.82, 2.24) is 9.80 Å². The molecule has 0 aromatic heterocycles. The van der Waals surface area contributed by atoms with E-state index in [1.165, 1.54) is 4.90 Å². The molecule has 4 aliphatic rings. The van der Waals surface area contributed by atoms with E-state index in [4.69, 9.17) is 20.6 Å². The molecule has 8 nitrogen and oxygen atoms in total. The summed E-state index contributed by atoms with van der Waals surface area (Å²) in [7, 11) is 0. The Bertz CT molecular complexity index is 1170. The molecule has 4 heterocycles. The Morgan fingerprint density at radius 3 is 2.50 bits per heavy atom. The van der Waals surface area contributed by atoms with Gasteiger partial charge in [0, 0.05) is 17.6 Å². The van der Waals surface area contributed by atoms with Crippen LogP contribution in [0.4, 0.5) is 0 Å². The first kappa shape index (κ1) is 22.7. The molecule has 2 aromatic carbocycles. The zero-order valence-electron chi connectivity index (χ0n) is 18.8. The van der Waals surface area contributed by atoms with Crippen molar-refractivity contribution < 1.29 is 19.1 Å². The number of likely N-dealkylation sites (tertiary alicyclic amines) is 1. The van der Waals surface area contributed by atoms with Gasteiger partial charge < -0.3 is 15.2 Å². The van der Waals surface area contributed by atoms with Crippen molar-refractivity contribution in [2.75, 3.05) is 13.3 Å². The molecule has 2 aromatic rings. The lowest BCUT2D eigenvalue weighted by Gasteiger charge is -2.29. The molecule has 3 N–H and O–H groups in total. The lowest BCUT2D eigenvalue weighted by Crippen LogP contribution is -2.40. The molecule has 3 saturated heterocycles. The summed E-state index contributed by atoms with van der Waals surface area (Å²) in [5.74, 6) is 0.773. The number of amides is 2. The predicted molar refractivity (Wildman–Crippen MR) is 127 cm³/mol. The van der Waals surface area contributed by atoms with Gasteiger partial charge in [0.1, 0.15) is 5.84 Å². The molecule has 9 heteroatoms. The number of halogens is 1. The largest absolute Gasteiger partial charge is 0.454 e. The molecule has 34 heavy (non-hydrogen) atoms. The maximum Gasteiger partial charge on any atom is 0.235 e. The summed E-state index contributed by atoms with van der Waals surface area (Å²) in [5.41, 5.74) is 8.12. The molecular formula is C25H27ClN4O4. The van der Waals surface area contributed by atoms with Crippen LogP contribution < -0.4 is 15.2 Å². The number of imide groups is 1. The van der Waals surface area contributed by atoms with Gasteiger partial charge in [0.05, 0.1) is 18.4 Å². The number of rotatable bonds is 4. The molecule has 4 aliphatic heterocycles. The molecule has 2 amide bonds. The highest BCUT2D eigenvalue weighted by atomic mass is 35.5. The number of nitrogens with zero attached hydrogens (tertiary/aromatic N) is 2. The average Bonchev–Trinajstić information content (AvgIpc) is 3.55. The Morgan fingerprint density at radius 1 is 1.06 bits per heavy atom. The van der Waals surface area contributed by atoms with Crippen LogP contribution in [-0.4, -0.2) is 46.8 Å². The van der Waals surface area contributed by atoms with E-state index in [1.807, 2.05) is 42.5 Å². The average molecular weight is 483 g/mol. The summed E-state index contributed by atoms with van der Waals surface area (Å²) in [6.07, 6.45) is 1.01. The van der Waals surface area contributed by atoms with Crippen molar-refractivity contribution in [3.8, 4) is 11.5 Å². The van der Waals surface area contributed by atoms with Crippen LogP contribution >= 0.6 is 12.4 Å². The van der Waals surface area contributed by atoms with E-state index in [0.717, 1.165) is 24.1 Å². The molecule has 0 saturated carbocycles. The number of carbonyl (C=O) groups is 2. The lowest BCUT2D eigenvalue weighted by molar-refractivity contribution is -0.142. The van der Waals surface area contributed by atoms with E-state index in [2.05, 4.69) is 11.8 Å². The Kier molecular flexibility index (Phi) is 5.53. The van der Waals surface area contributed by atoms with Crippen molar-refractivity contribution in [1.29, 1.82) is 5.41 Å². The third kappa shape index (κ3) is 3.27. The van der Waals surface area contributed by atoms with E-state index >= 15 is 0 Å². The second kappa shape index (κ2) is 8.29. The summed E-state index contributed by atoms with van der Waals surface area (Å²) in [4.78, 5) is 31.1. The number of amidine groups is 1. The second-order valence-electron chi connectivity index (χ2n) is 9.48. The number of nitrogen functional groups attached to an aromatic ring is 1. The minimum Gasteiger partial charge on any atom is -0.454 e. The smallest absolute Gasteiger partial charge is 0.235 e. The van der Waals surface area contributed by atoms with E-state index in [1.54, 1.807) is 0 Å². The summed E-state index contributed by atoms with van der Waals surface area (Å²) < 4.78 is 10.8. The minimum atomic E-state index is -0.401. The van der Waals surface area contributed by atoms with Crippen molar-refractivity contribution in [3.05, 3.63) is 59.2 Å². The normalized spacial score (nSPS) is 29.2. The lowest BCUT2D eigenvalue weighted by atomic mass is 9.82. The van der Waals surface area contributed by atoms with Crippen LogP contribution in [0.25, 0.3) is 0 Å². The molecule has 0 radical (unpaired) electrons. The molecule has 5 atom stereocenters. The molecule has 0 aliphatic carbocycles. The monoisotopic (exact) mass is 482 g/mol. The van der Waals surface area contributed by atoms with Gasteiger partial charge in [-0.05, 0) is 42.1 Å². The maximum absolute atomic E-state index is 13.7. The maximum atomic E-state index is 13.7. The van der Waals surface area contributed by atoms with Gasteiger partial charge in [-0.25, -0.2) is 0 Å². The van der Waals surface area contributed by atoms with Crippen molar-refractivity contribution in [2.24, 2.45) is 23.5 Å². The summed E-state index contributed by atoms with van der Waals surface area (Å²) in [6, 6.07) is 13.0. The Morgan fingerprint density at radius 2 is 1.76 bits per heavy atom. The van der Waals surface area contributed by atoms with Crippen LogP contribution in [0.1, 0.15) is 36.1 Å². The number of fused-ring (bicyclic) bond motifs is 4. The van der Waals surface area contributed by atoms with Crippen LogP contribution in [0.5, 0.6) is 11.5 Å². The molecule has 0 bridgehead atoms. The summed E-state index contributed by atoms with van der Waals surface area (Å²) in [5, 5.41) is 7.66. The van der Waals surface area contributed by atoms with Gasteiger partial charge in [0.2, 0.25) is 18.6 Å². The predicted octanol–water partition coefficient (Wildman–Crippen LogP) is 2.69. The van der Waals surface area contributed by atoms with Crippen LogP contribution in [0.3, 0.4) is 0 Å². The zero-order valence-corrected chi connectivity index (χ0v) is 19.6. The zero-order chi connectivity index (χ0) is 22.9. The third-order valence-corrected chi connectivity index (χ3v) is 7.70. The molecule has 178 valence electrons. The Balaban J connectivity index is 0.00000241. The van der Waals surface area contributed by atoms with Gasteiger partial charge in [-0.2, -0.15) is 0 Å². The van der Waals surface area contributed by atoms with E-state index in [9.17, 15) is 9.59 Å². The van der Waals surface area contributed by atoms with E-state index in [0.29, 0.717) is 23.0 Å². The fourth-order valence-electron chi connectivity index (χ4n) is 6.19. The van der Waals surface area contributed by atoms with Crippen LogP contribution in [0, 0.1) is 23.2 Å². The summed E-state index contributed by atoms with van der Waals surface area (Å²) in [6.45, 7) is 3.48. The standard InChI is InChI=1S/C25H26N4O4.ClH/c1-13-8-9-28-21(13)19-20(22(28)15-3-5-16(6-4-15)23(26)27)25(31)29(24(19)30)11-14-2-7-17-18(10-14)33-12-32-17;/h2-7,10,13,19-22H,8-9,11-12H2,1H3,(H3,26,27);1H. The fraction of sp³-hybridized carbons (Fsp3) is 0.400. The number of nitrogens with two attached hydrogens (primary N) is 1. The van der Waals surface area contributed by atoms with E-state index in [-0.39, 0.29) is 61.4 Å². The SMILES string of the molecule is CC1CCN2C(c3ccc(C(=N)N)cc3)C3C(=O)N(Cc4ccc5c(c4)OCO5)C(=O)C3C12.Cl. The topological polar surface area (TPSA) is 109 Å². The van der Waals surface area contributed by atoms with Gasteiger partial charge in [0.25, 0.3) is 0 Å². The van der Waals surface area contributed by atoms with Crippen molar-refractivity contribution in [3.63, 3.8) is 0 Å².